The standard InChI is InChI=1S/C26H24N2O4S/c1-17(2)24(27-25(30)18-10-4-3-5-11-18)26(31)32-16-23(29)28-19-12-6-8-14-21(19)33-22-15-9-7-13-20(22)28/h3-15,17,24H,16H2,1-2H3,(H,27,30). The van der Waals surface area contributed by atoms with Gasteiger partial charge in [0.15, 0.2) is 6.61 Å². The van der Waals surface area contributed by atoms with Crippen molar-refractivity contribution in [2.45, 2.75) is 29.7 Å². The minimum atomic E-state index is -0.873. The Labute approximate surface area is 196 Å². The lowest BCUT2D eigenvalue weighted by Gasteiger charge is -2.31. The van der Waals surface area contributed by atoms with E-state index in [1.54, 1.807) is 40.9 Å². The van der Waals surface area contributed by atoms with Crippen LogP contribution in [0.2, 0.25) is 0 Å². The Kier molecular flexibility index (Phi) is 6.79. The normalized spacial score (nSPS) is 13.0. The van der Waals surface area contributed by atoms with Crippen molar-refractivity contribution in [3.63, 3.8) is 0 Å². The molecule has 1 heterocycles. The summed E-state index contributed by atoms with van der Waals surface area (Å²) in [6, 6.07) is 23.0. The number of hydrogen-bond acceptors (Lipinski definition) is 5. The molecule has 1 unspecified atom stereocenters. The van der Waals surface area contributed by atoms with Gasteiger partial charge in [0.1, 0.15) is 6.04 Å². The van der Waals surface area contributed by atoms with E-state index in [1.807, 2.05) is 68.4 Å². The second-order valence-corrected chi connectivity index (χ2v) is 9.02. The summed E-state index contributed by atoms with van der Waals surface area (Å²) in [6.07, 6.45) is 0. The van der Waals surface area contributed by atoms with Gasteiger partial charge in [-0.2, -0.15) is 0 Å². The van der Waals surface area contributed by atoms with Gasteiger partial charge in [0.05, 0.1) is 11.4 Å². The van der Waals surface area contributed by atoms with Crippen LogP contribution in [0, 0.1) is 5.92 Å². The number of ether oxygens (including phenoxy) is 1. The molecular formula is C26H24N2O4S. The molecule has 7 heteroatoms. The highest BCUT2D eigenvalue weighted by atomic mass is 32.2. The van der Waals surface area contributed by atoms with E-state index in [9.17, 15) is 14.4 Å². The van der Waals surface area contributed by atoms with Gasteiger partial charge in [-0.1, -0.05) is 68.1 Å². The van der Waals surface area contributed by atoms with E-state index in [1.165, 1.54) is 0 Å². The molecule has 1 atom stereocenters. The van der Waals surface area contributed by atoms with Crippen LogP contribution in [0.3, 0.4) is 0 Å². The predicted molar refractivity (Wildman–Crippen MR) is 128 cm³/mol. The van der Waals surface area contributed by atoms with E-state index >= 15 is 0 Å². The summed E-state index contributed by atoms with van der Waals surface area (Å²) in [5, 5.41) is 2.73. The van der Waals surface area contributed by atoms with E-state index in [2.05, 4.69) is 5.32 Å². The largest absolute Gasteiger partial charge is 0.454 e. The lowest BCUT2D eigenvalue weighted by molar-refractivity contribution is -0.150. The van der Waals surface area contributed by atoms with Crippen LogP contribution in [-0.2, 0) is 14.3 Å². The highest BCUT2D eigenvalue weighted by molar-refractivity contribution is 7.99. The Bertz CT molecular complexity index is 1130. The molecule has 1 N–H and O–H groups in total. The van der Waals surface area contributed by atoms with Crippen LogP contribution < -0.4 is 10.2 Å². The zero-order valence-corrected chi connectivity index (χ0v) is 19.2. The first-order valence-electron chi connectivity index (χ1n) is 10.7. The second kappa shape index (κ2) is 9.92. The van der Waals surface area contributed by atoms with Crippen LogP contribution >= 0.6 is 11.8 Å². The number of carbonyl (C=O) groups excluding carboxylic acids is 3. The molecule has 1 aliphatic heterocycles. The molecule has 3 aromatic rings. The summed E-state index contributed by atoms with van der Waals surface area (Å²) in [4.78, 5) is 42.0. The molecule has 4 rings (SSSR count). The Hall–Kier alpha value is -3.58. The lowest BCUT2D eigenvalue weighted by atomic mass is 10.0. The van der Waals surface area contributed by atoms with Gasteiger partial charge in [-0.15, -0.1) is 0 Å². The fourth-order valence-corrected chi connectivity index (χ4v) is 4.63. The van der Waals surface area contributed by atoms with Crippen molar-refractivity contribution in [1.82, 2.24) is 5.32 Å². The molecule has 3 aromatic carbocycles. The Morgan fingerprint density at radius 2 is 1.39 bits per heavy atom. The van der Waals surface area contributed by atoms with Crippen molar-refractivity contribution in [3.05, 3.63) is 84.4 Å². The number of nitrogens with one attached hydrogen (secondary N) is 1. The van der Waals surface area contributed by atoms with Crippen molar-refractivity contribution in [1.29, 1.82) is 0 Å². The first-order chi connectivity index (χ1) is 16.0. The summed E-state index contributed by atoms with van der Waals surface area (Å²) < 4.78 is 5.40. The van der Waals surface area contributed by atoms with E-state index in [0.717, 1.165) is 21.2 Å². The maximum absolute atomic E-state index is 13.2. The maximum Gasteiger partial charge on any atom is 0.329 e. The van der Waals surface area contributed by atoms with Crippen LogP contribution in [0.25, 0.3) is 0 Å². The SMILES string of the molecule is CC(C)C(NC(=O)c1ccccc1)C(=O)OCC(=O)N1c2ccccc2Sc2ccccc21. The summed E-state index contributed by atoms with van der Waals surface area (Å²) >= 11 is 1.59. The molecule has 1 aliphatic rings. The van der Waals surface area contributed by atoms with Crippen LogP contribution in [-0.4, -0.2) is 30.4 Å². The van der Waals surface area contributed by atoms with Crippen molar-refractivity contribution < 1.29 is 19.1 Å². The molecule has 168 valence electrons. The molecule has 0 aromatic heterocycles. The Morgan fingerprint density at radius 1 is 0.848 bits per heavy atom. The van der Waals surface area contributed by atoms with Crippen molar-refractivity contribution in [2.24, 2.45) is 5.92 Å². The van der Waals surface area contributed by atoms with Crippen LogP contribution in [0.1, 0.15) is 24.2 Å². The topological polar surface area (TPSA) is 75.7 Å². The fraction of sp³-hybridized carbons (Fsp3) is 0.192. The number of carbonyl (C=O) groups is 3. The van der Waals surface area contributed by atoms with Crippen LogP contribution in [0.15, 0.2) is 88.7 Å². The summed E-state index contributed by atoms with van der Waals surface area (Å²) in [5.41, 5.74) is 1.95. The van der Waals surface area contributed by atoms with Gasteiger partial charge < -0.3 is 10.1 Å². The average Bonchev–Trinajstić information content (AvgIpc) is 2.84. The average molecular weight is 461 g/mol. The minimum absolute atomic E-state index is 0.215. The van der Waals surface area contributed by atoms with E-state index in [-0.39, 0.29) is 17.7 Å². The Balaban J connectivity index is 1.48. The fourth-order valence-electron chi connectivity index (χ4n) is 3.57. The lowest BCUT2D eigenvalue weighted by Crippen LogP contribution is -2.46. The van der Waals surface area contributed by atoms with E-state index in [0.29, 0.717) is 5.56 Å². The zero-order chi connectivity index (χ0) is 23.4. The van der Waals surface area contributed by atoms with E-state index < -0.39 is 18.6 Å². The van der Waals surface area contributed by atoms with Gasteiger partial charge >= 0.3 is 5.97 Å². The van der Waals surface area contributed by atoms with Crippen LogP contribution in [0.5, 0.6) is 0 Å². The number of para-hydroxylation sites is 2. The van der Waals surface area contributed by atoms with Gasteiger partial charge in [0.25, 0.3) is 11.8 Å². The van der Waals surface area contributed by atoms with Crippen LogP contribution in [0.4, 0.5) is 11.4 Å². The molecule has 0 spiro atoms. The van der Waals surface area contributed by atoms with Crippen molar-refractivity contribution in [3.8, 4) is 0 Å². The third-order valence-electron chi connectivity index (χ3n) is 5.26. The molecular weight excluding hydrogens is 436 g/mol. The monoisotopic (exact) mass is 460 g/mol. The number of rotatable bonds is 6. The second-order valence-electron chi connectivity index (χ2n) is 7.94. The molecule has 2 amide bonds. The minimum Gasteiger partial charge on any atom is -0.454 e. The third-order valence-corrected chi connectivity index (χ3v) is 6.39. The van der Waals surface area contributed by atoms with Gasteiger partial charge in [-0.25, -0.2) is 4.79 Å². The van der Waals surface area contributed by atoms with Gasteiger partial charge in [-0.3, -0.25) is 14.5 Å². The molecule has 6 nitrogen and oxygen atoms in total. The smallest absolute Gasteiger partial charge is 0.329 e. The summed E-state index contributed by atoms with van der Waals surface area (Å²) in [6.45, 7) is 3.19. The number of esters is 1. The number of anilines is 2. The number of benzene rings is 3. The highest BCUT2D eigenvalue weighted by Crippen LogP contribution is 2.47. The first kappa shape index (κ1) is 22.6. The molecule has 0 bridgehead atoms. The quantitative estimate of drug-likeness (QED) is 0.534. The third kappa shape index (κ3) is 4.93. The summed E-state index contributed by atoms with van der Waals surface area (Å²) in [5.74, 6) is -1.59. The number of nitrogens with zero attached hydrogens (tertiary/aromatic N) is 1. The number of hydrogen-bond donors (Lipinski definition) is 1. The molecule has 0 aliphatic carbocycles. The van der Waals surface area contributed by atoms with Gasteiger partial charge in [-0.05, 0) is 42.3 Å². The van der Waals surface area contributed by atoms with Gasteiger partial charge in [0, 0.05) is 15.4 Å². The molecule has 0 radical (unpaired) electrons. The molecule has 0 fully saturated rings. The van der Waals surface area contributed by atoms with E-state index in [4.69, 9.17) is 4.74 Å². The highest BCUT2D eigenvalue weighted by Gasteiger charge is 2.31. The molecule has 0 saturated heterocycles. The molecule has 0 saturated carbocycles. The van der Waals surface area contributed by atoms with Crippen molar-refractivity contribution in [2.75, 3.05) is 11.5 Å². The maximum atomic E-state index is 13.2. The van der Waals surface area contributed by atoms with Gasteiger partial charge in [0.2, 0.25) is 0 Å². The zero-order valence-electron chi connectivity index (χ0n) is 18.4. The molecule has 33 heavy (non-hydrogen) atoms. The number of fused-ring (bicyclic) bond motifs is 2. The van der Waals surface area contributed by atoms with Crippen molar-refractivity contribution >= 4 is 40.9 Å². The summed E-state index contributed by atoms with van der Waals surface area (Å²) in [7, 11) is 0. The first-order valence-corrected chi connectivity index (χ1v) is 11.5. The predicted octanol–water partition coefficient (Wildman–Crippen LogP) is 4.81. The Morgan fingerprint density at radius 3 is 1.97 bits per heavy atom. The number of amides is 2.